The molecular formula is C19H34N4O. The van der Waals surface area contributed by atoms with Gasteiger partial charge < -0.3 is 15.5 Å². The molecule has 4 heterocycles. The van der Waals surface area contributed by atoms with E-state index in [0.29, 0.717) is 17.2 Å². The Balaban J connectivity index is 1.45. The summed E-state index contributed by atoms with van der Waals surface area (Å²) in [6.45, 7) is 14.5. The molecule has 2 spiro atoms. The Labute approximate surface area is 146 Å². The van der Waals surface area contributed by atoms with E-state index in [-0.39, 0.29) is 11.1 Å². The molecule has 1 amide bonds. The predicted octanol–water partition coefficient (Wildman–Crippen LogP) is 1.05. The quantitative estimate of drug-likeness (QED) is 0.810. The summed E-state index contributed by atoms with van der Waals surface area (Å²) in [5, 5.41) is 7.22. The maximum absolute atomic E-state index is 12.8. The van der Waals surface area contributed by atoms with Crippen molar-refractivity contribution in [3.05, 3.63) is 0 Å². The number of likely N-dealkylation sites (N-methyl/N-ethyl adjacent to an activating group) is 1. The van der Waals surface area contributed by atoms with Crippen LogP contribution in [0.3, 0.4) is 0 Å². The molecule has 4 aliphatic rings. The molecule has 0 saturated carbocycles. The predicted molar refractivity (Wildman–Crippen MR) is 95.9 cm³/mol. The Morgan fingerprint density at radius 1 is 1.25 bits per heavy atom. The summed E-state index contributed by atoms with van der Waals surface area (Å²) in [5.74, 6) is 0.906. The van der Waals surface area contributed by atoms with Gasteiger partial charge in [-0.05, 0) is 70.9 Å². The van der Waals surface area contributed by atoms with Crippen LogP contribution in [0, 0.1) is 11.3 Å². The highest BCUT2D eigenvalue weighted by atomic mass is 16.2. The van der Waals surface area contributed by atoms with Crippen molar-refractivity contribution in [1.82, 2.24) is 20.4 Å². The van der Waals surface area contributed by atoms with Crippen LogP contribution in [0.15, 0.2) is 0 Å². The highest BCUT2D eigenvalue weighted by molar-refractivity contribution is 5.89. The van der Waals surface area contributed by atoms with Gasteiger partial charge in [-0.3, -0.25) is 9.69 Å². The summed E-state index contributed by atoms with van der Waals surface area (Å²) in [5.41, 5.74) is 0.427. The zero-order valence-corrected chi connectivity index (χ0v) is 15.7. The Morgan fingerprint density at radius 2 is 2.08 bits per heavy atom. The van der Waals surface area contributed by atoms with Crippen LogP contribution in [-0.4, -0.2) is 72.6 Å². The van der Waals surface area contributed by atoms with Crippen LogP contribution in [0.25, 0.3) is 0 Å². The van der Waals surface area contributed by atoms with Crippen LogP contribution in [0.5, 0.6) is 0 Å². The van der Waals surface area contributed by atoms with Crippen LogP contribution in [0.1, 0.15) is 46.5 Å². The van der Waals surface area contributed by atoms with Crippen LogP contribution in [0.4, 0.5) is 0 Å². The lowest BCUT2D eigenvalue weighted by molar-refractivity contribution is -0.132. The summed E-state index contributed by atoms with van der Waals surface area (Å²) < 4.78 is 0. The number of amides is 1. The Hall–Kier alpha value is -0.650. The van der Waals surface area contributed by atoms with E-state index in [4.69, 9.17) is 0 Å². The lowest BCUT2D eigenvalue weighted by atomic mass is 9.79. The van der Waals surface area contributed by atoms with Crippen molar-refractivity contribution in [2.75, 3.05) is 45.8 Å². The fourth-order valence-corrected chi connectivity index (χ4v) is 5.70. The Kier molecular flexibility index (Phi) is 3.98. The zero-order valence-electron chi connectivity index (χ0n) is 15.7. The smallest absolute Gasteiger partial charge is 0.242 e. The molecule has 4 saturated heterocycles. The van der Waals surface area contributed by atoms with Gasteiger partial charge in [-0.15, -0.1) is 0 Å². The van der Waals surface area contributed by atoms with Gasteiger partial charge in [0.2, 0.25) is 5.91 Å². The molecule has 4 fully saturated rings. The number of carbonyl (C=O) groups is 1. The van der Waals surface area contributed by atoms with E-state index in [1.54, 1.807) is 0 Å². The van der Waals surface area contributed by atoms with Crippen molar-refractivity contribution in [2.45, 2.75) is 57.5 Å². The standard InChI is InChI=1S/C19H34N4O/c1-4-22-9-7-19(16(22)24)11-15(12-21-19)17(2,3)23-10-6-18(14-23)5-8-20-13-18/h15,20-21H,4-14H2,1-3H3. The third kappa shape index (κ3) is 2.43. The normalized spacial score (nSPS) is 40.7. The molecular weight excluding hydrogens is 300 g/mol. The van der Waals surface area contributed by atoms with Gasteiger partial charge in [0.05, 0.1) is 0 Å². The third-order valence-electron chi connectivity index (χ3n) is 7.75. The molecule has 0 aromatic carbocycles. The van der Waals surface area contributed by atoms with E-state index >= 15 is 0 Å². The van der Waals surface area contributed by atoms with Crippen LogP contribution in [0.2, 0.25) is 0 Å². The number of hydrogen-bond acceptors (Lipinski definition) is 4. The topological polar surface area (TPSA) is 47.6 Å². The van der Waals surface area contributed by atoms with Gasteiger partial charge in [0, 0.05) is 38.3 Å². The molecule has 24 heavy (non-hydrogen) atoms. The fourth-order valence-electron chi connectivity index (χ4n) is 5.70. The third-order valence-corrected chi connectivity index (χ3v) is 7.75. The molecule has 0 aromatic heterocycles. The van der Waals surface area contributed by atoms with E-state index in [1.165, 1.54) is 39.0 Å². The van der Waals surface area contributed by atoms with E-state index < -0.39 is 0 Å². The number of hydrogen-bond donors (Lipinski definition) is 2. The van der Waals surface area contributed by atoms with Gasteiger partial charge in [-0.1, -0.05) is 0 Å². The molecule has 5 nitrogen and oxygen atoms in total. The number of nitrogens with one attached hydrogen (secondary N) is 2. The van der Waals surface area contributed by atoms with Gasteiger partial charge in [-0.2, -0.15) is 0 Å². The summed E-state index contributed by atoms with van der Waals surface area (Å²) in [6.07, 6.45) is 4.66. The van der Waals surface area contributed by atoms with Crippen molar-refractivity contribution in [1.29, 1.82) is 0 Å². The van der Waals surface area contributed by atoms with Crippen molar-refractivity contribution in [3.8, 4) is 0 Å². The summed E-state index contributed by atoms with van der Waals surface area (Å²) in [4.78, 5) is 17.5. The largest absolute Gasteiger partial charge is 0.341 e. The summed E-state index contributed by atoms with van der Waals surface area (Å²) >= 11 is 0. The molecule has 4 rings (SSSR count). The molecule has 3 unspecified atom stereocenters. The number of carbonyl (C=O) groups excluding carboxylic acids is 1. The highest BCUT2D eigenvalue weighted by Crippen LogP contribution is 2.45. The second-order valence-electron chi connectivity index (χ2n) is 9.25. The Morgan fingerprint density at radius 3 is 2.75 bits per heavy atom. The summed E-state index contributed by atoms with van der Waals surface area (Å²) in [6, 6.07) is 0. The second-order valence-corrected chi connectivity index (χ2v) is 9.25. The maximum atomic E-state index is 12.8. The lowest BCUT2D eigenvalue weighted by Crippen LogP contribution is -2.50. The Bertz CT molecular complexity index is 513. The average Bonchev–Trinajstić information content (AvgIpc) is 3.33. The van der Waals surface area contributed by atoms with Gasteiger partial charge in [0.1, 0.15) is 5.54 Å². The van der Waals surface area contributed by atoms with Gasteiger partial charge in [-0.25, -0.2) is 0 Å². The molecule has 0 aromatic rings. The van der Waals surface area contributed by atoms with Crippen molar-refractivity contribution in [2.24, 2.45) is 11.3 Å². The second kappa shape index (κ2) is 5.68. The van der Waals surface area contributed by atoms with Gasteiger partial charge in [0.25, 0.3) is 0 Å². The average molecular weight is 335 g/mol. The number of nitrogens with zero attached hydrogens (tertiary/aromatic N) is 2. The molecule has 0 aliphatic carbocycles. The van der Waals surface area contributed by atoms with Crippen LogP contribution < -0.4 is 10.6 Å². The molecule has 3 atom stereocenters. The van der Waals surface area contributed by atoms with Crippen molar-refractivity contribution >= 4 is 5.91 Å². The molecule has 0 radical (unpaired) electrons. The minimum atomic E-state index is -0.260. The number of rotatable bonds is 3. The highest BCUT2D eigenvalue weighted by Gasteiger charge is 2.55. The molecule has 5 heteroatoms. The molecule has 136 valence electrons. The van der Waals surface area contributed by atoms with Gasteiger partial charge in [0.15, 0.2) is 0 Å². The minimum absolute atomic E-state index is 0.169. The molecule has 4 aliphatic heterocycles. The van der Waals surface area contributed by atoms with Crippen LogP contribution >= 0.6 is 0 Å². The zero-order chi connectivity index (χ0) is 17.0. The molecule has 2 N–H and O–H groups in total. The SMILES string of the molecule is CCN1CCC2(CC(C(C)(C)N3CCC4(CCNC4)C3)CN2)C1=O. The summed E-state index contributed by atoms with van der Waals surface area (Å²) in [7, 11) is 0. The first kappa shape index (κ1) is 16.8. The van der Waals surface area contributed by atoms with E-state index in [9.17, 15) is 4.79 Å². The monoisotopic (exact) mass is 334 g/mol. The first-order chi connectivity index (χ1) is 11.4. The van der Waals surface area contributed by atoms with Gasteiger partial charge >= 0.3 is 0 Å². The van der Waals surface area contributed by atoms with Crippen molar-refractivity contribution in [3.63, 3.8) is 0 Å². The van der Waals surface area contributed by atoms with E-state index in [2.05, 4.69) is 36.3 Å². The maximum Gasteiger partial charge on any atom is 0.242 e. The first-order valence-corrected chi connectivity index (χ1v) is 9.91. The van der Waals surface area contributed by atoms with Crippen LogP contribution in [-0.2, 0) is 4.79 Å². The van der Waals surface area contributed by atoms with E-state index in [1.807, 2.05) is 4.90 Å². The van der Waals surface area contributed by atoms with Crippen molar-refractivity contribution < 1.29 is 4.79 Å². The minimum Gasteiger partial charge on any atom is -0.341 e. The number of likely N-dealkylation sites (tertiary alicyclic amines) is 2. The lowest BCUT2D eigenvalue weighted by Gasteiger charge is -2.41. The molecule has 0 bridgehead atoms. The fraction of sp³-hybridized carbons (Fsp3) is 0.947. The van der Waals surface area contributed by atoms with E-state index in [0.717, 1.165) is 32.5 Å². The first-order valence-electron chi connectivity index (χ1n) is 9.91.